The molecule has 0 unspecified atom stereocenters. The third kappa shape index (κ3) is 6.81. The minimum Gasteiger partial charge on any atom is -0.507 e. The lowest BCUT2D eigenvalue weighted by Crippen LogP contribution is -2.17. The van der Waals surface area contributed by atoms with Gasteiger partial charge in [-0.2, -0.15) is 0 Å². The van der Waals surface area contributed by atoms with Gasteiger partial charge in [-0.05, 0) is 83.3 Å². The molecule has 4 heteroatoms. The number of imidazole rings is 1. The van der Waals surface area contributed by atoms with E-state index in [1.54, 1.807) is 6.21 Å². The van der Waals surface area contributed by atoms with Crippen molar-refractivity contribution >= 4 is 22.9 Å². The second-order valence-electron chi connectivity index (χ2n) is 16.0. The van der Waals surface area contributed by atoms with Gasteiger partial charge in [0.1, 0.15) is 11.6 Å². The van der Waals surface area contributed by atoms with Crippen molar-refractivity contribution in [3.63, 3.8) is 0 Å². The fourth-order valence-corrected chi connectivity index (χ4v) is 7.01. The summed E-state index contributed by atoms with van der Waals surface area (Å²) in [5.41, 5.74) is 14.2. The van der Waals surface area contributed by atoms with Crippen LogP contribution >= 0.6 is 0 Å². The number of hydrogen-bond donors (Lipinski definition) is 1. The highest BCUT2D eigenvalue weighted by molar-refractivity contribution is 5.97. The molecule has 6 aromatic carbocycles. The topological polar surface area (TPSA) is 50.4 Å². The first kappa shape index (κ1) is 34.7. The second kappa shape index (κ2) is 13.4. The van der Waals surface area contributed by atoms with Crippen molar-refractivity contribution in [2.45, 2.75) is 66.2 Å². The second-order valence-corrected chi connectivity index (χ2v) is 16.0. The molecule has 0 aliphatic carbocycles. The Morgan fingerprint density at radius 2 is 1.25 bits per heavy atom. The van der Waals surface area contributed by atoms with Crippen LogP contribution in [0, 0.1) is 13.8 Å². The Kier molecular flexibility index (Phi) is 8.96. The summed E-state index contributed by atoms with van der Waals surface area (Å²) in [7, 11) is 0. The summed E-state index contributed by atoms with van der Waals surface area (Å²) in [4.78, 5) is 10.5. The van der Waals surface area contributed by atoms with E-state index in [0.717, 1.165) is 56.0 Å². The molecule has 0 amide bonds. The number of aromatic hydroxyl groups is 1. The van der Waals surface area contributed by atoms with Gasteiger partial charge in [0.05, 0.1) is 16.7 Å². The third-order valence-corrected chi connectivity index (χ3v) is 9.75. The minimum absolute atomic E-state index is 0.0909. The Bertz CT molecular complexity index is 2420. The molecule has 0 aliphatic heterocycles. The van der Waals surface area contributed by atoms with Crippen molar-refractivity contribution in [2.75, 3.05) is 0 Å². The van der Waals surface area contributed by atoms with Crippen LogP contribution in [0.25, 0.3) is 50.4 Å². The van der Waals surface area contributed by atoms with Crippen LogP contribution in [0.4, 0.5) is 5.69 Å². The van der Waals surface area contributed by atoms with Crippen LogP contribution in [0.2, 0.25) is 0 Å². The molecule has 0 radical (unpaired) electrons. The number of benzene rings is 6. The number of aliphatic imine (C=N–C) groups is 1. The number of nitrogens with zero attached hydrogens (tertiary/aromatic N) is 3. The molecule has 0 fully saturated rings. The van der Waals surface area contributed by atoms with Crippen LogP contribution in [-0.2, 0) is 10.8 Å². The van der Waals surface area contributed by atoms with Crippen molar-refractivity contribution in [3.8, 4) is 45.1 Å². The highest BCUT2D eigenvalue weighted by Crippen LogP contribution is 2.40. The number of fused-ring (bicyclic) bond motifs is 1. The average Bonchev–Trinajstić information content (AvgIpc) is 3.50. The summed E-state index contributed by atoms with van der Waals surface area (Å²) in [5, 5.41) is 11.5. The van der Waals surface area contributed by atoms with Gasteiger partial charge in [-0.3, -0.25) is 9.56 Å². The monoisotopic (exact) mass is 681 g/mol. The smallest absolute Gasteiger partial charge is 0.147 e. The lowest BCUT2D eigenvalue weighted by Gasteiger charge is -2.27. The normalized spacial score (nSPS) is 12.2. The van der Waals surface area contributed by atoms with E-state index in [2.05, 4.69) is 163 Å². The molecule has 52 heavy (non-hydrogen) atoms. The predicted molar refractivity (Wildman–Crippen MR) is 220 cm³/mol. The van der Waals surface area contributed by atoms with Gasteiger partial charge in [0.2, 0.25) is 0 Å². The van der Waals surface area contributed by atoms with Gasteiger partial charge in [0, 0.05) is 34.2 Å². The van der Waals surface area contributed by atoms with E-state index < -0.39 is 0 Å². The maximum atomic E-state index is 11.5. The van der Waals surface area contributed by atoms with Gasteiger partial charge in [-0.1, -0.05) is 144 Å². The van der Waals surface area contributed by atoms with Crippen LogP contribution in [0.5, 0.6) is 5.75 Å². The molecule has 1 heterocycles. The first-order chi connectivity index (χ1) is 24.8. The fraction of sp³-hybridized carbons (Fsp3) is 0.208. The van der Waals surface area contributed by atoms with Gasteiger partial charge in [0.25, 0.3) is 0 Å². The standard InChI is InChI=1S/C48H47N3O/c1-31-25-32(2)27-35(26-31)33-21-23-34(24-22-33)39-18-14-20-43-44(39)50-46(51(43)38-15-10-9-11-16-38)40-17-12-13-19-42(40)49-30-36-28-37(47(3,4)5)29-41(45(36)52)48(6,7)8/h9-30,52H,1-8H3. The van der Waals surface area contributed by atoms with Gasteiger partial charge < -0.3 is 5.11 Å². The van der Waals surface area contributed by atoms with E-state index >= 15 is 0 Å². The highest BCUT2D eigenvalue weighted by atomic mass is 16.3. The molecular weight excluding hydrogens is 635 g/mol. The number of para-hydroxylation sites is 3. The van der Waals surface area contributed by atoms with Crippen LogP contribution in [0.15, 0.2) is 132 Å². The van der Waals surface area contributed by atoms with E-state index in [1.165, 1.54) is 22.3 Å². The van der Waals surface area contributed by atoms with Crippen LogP contribution in [0.1, 0.15) is 69.4 Å². The van der Waals surface area contributed by atoms with Gasteiger partial charge >= 0.3 is 0 Å². The molecule has 4 nitrogen and oxygen atoms in total. The maximum absolute atomic E-state index is 11.5. The summed E-state index contributed by atoms with van der Waals surface area (Å²) < 4.78 is 2.23. The SMILES string of the molecule is Cc1cc(C)cc(-c2ccc(-c3cccc4c3nc(-c3ccccc3N=Cc3cc(C(C)(C)C)cc(C(C)(C)C)c3O)n4-c3ccccc3)cc2)c1. The van der Waals surface area contributed by atoms with Gasteiger partial charge in [-0.15, -0.1) is 0 Å². The van der Waals surface area contributed by atoms with E-state index in [0.29, 0.717) is 5.56 Å². The largest absolute Gasteiger partial charge is 0.507 e. The van der Waals surface area contributed by atoms with Crippen molar-refractivity contribution in [3.05, 3.63) is 155 Å². The average molecular weight is 682 g/mol. The Hall–Kier alpha value is -5.74. The van der Waals surface area contributed by atoms with E-state index in [-0.39, 0.29) is 16.6 Å². The molecule has 7 aromatic rings. The lowest BCUT2D eigenvalue weighted by molar-refractivity contribution is 0.444. The van der Waals surface area contributed by atoms with E-state index in [9.17, 15) is 5.11 Å². The summed E-state index contributed by atoms with van der Waals surface area (Å²) in [5.74, 6) is 1.07. The number of aryl methyl sites for hydroxylation is 2. The summed E-state index contributed by atoms with van der Waals surface area (Å²) >= 11 is 0. The zero-order valence-electron chi connectivity index (χ0n) is 31.5. The summed E-state index contributed by atoms with van der Waals surface area (Å²) in [6.07, 6.45) is 1.80. The predicted octanol–water partition coefficient (Wildman–Crippen LogP) is 12.7. The molecule has 1 aromatic heterocycles. The van der Waals surface area contributed by atoms with E-state index in [4.69, 9.17) is 9.98 Å². The maximum Gasteiger partial charge on any atom is 0.147 e. The van der Waals surface area contributed by atoms with Crippen LogP contribution in [0.3, 0.4) is 0 Å². The van der Waals surface area contributed by atoms with Crippen molar-refractivity contribution in [2.24, 2.45) is 4.99 Å². The minimum atomic E-state index is -0.232. The number of phenolic OH excluding ortho intramolecular Hbond substituents is 1. The Labute approximate surface area is 308 Å². The molecule has 7 rings (SSSR count). The van der Waals surface area contributed by atoms with E-state index in [1.807, 2.05) is 24.3 Å². The summed E-state index contributed by atoms with van der Waals surface area (Å²) in [6.45, 7) is 17.3. The Morgan fingerprint density at radius 3 is 1.92 bits per heavy atom. The molecule has 0 spiro atoms. The Morgan fingerprint density at radius 1 is 0.615 bits per heavy atom. The van der Waals surface area contributed by atoms with Gasteiger partial charge in [0.15, 0.2) is 0 Å². The number of phenols is 1. The van der Waals surface area contributed by atoms with Crippen molar-refractivity contribution < 1.29 is 5.11 Å². The molecule has 260 valence electrons. The zero-order chi connectivity index (χ0) is 36.8. The number of rotatable bonds is 6. The zero-order valence-corrected chi connectivity index (χ0v) is 31.5. The fourth-order valence-electron chi connectivity index (χ4n) is 7.01. The first-order valence-electron chi connectivity index (χ1n) is 18.1. The molecule has 1 N–H and O–H groups in total. The molecular formula is C48H47N3O. The highest BCUT2D eigenvalue weighted by Gasteiger charge is 2.25. The van der Waals surface area contributed by atoms with Crippen LogP contribution < -0.4 is 0 Å². The molecule has 0 saturated heterocycles. The first-order valence-corrected chi connectivity index (χ1v) is 18.1. The van der Waals surface area contributed by atoms with Crippen molar-refractivity contribution in [1.82, 2.24) is 9.55 Å². The Balaban J connectivity index is 1.37. The summed E-state index contributed by atoms with van der Waals surface area (Å²) in [6, 6.07) is 44.6. The lowest BCUT2D eigenvalue weighted by atomic mass is 9.79. The molecule has 0 aliphatic rings. The molecule has 0 bridgehead atoms. The van der Waals surface area contributed by atoms with Gasteiger partial charge in [-0.25, -0.2) is 4.98 Å². The third-order valence-electron chi connectivity index (χ3n) is 9.75. The number of hydrogen-bond acceptors (Lipinski definition) is 3. The molecule has 0 atom stereocenters. The molecule has 0 saturated carbocycles. The number of aromatic nitrogens is 2. The van der Waals surface area contributed by atoms with Crippen molar-refractivity contribution in [1.29, 1.82) is 0 Å². The van der Waals surface area contributed by atoms with Crippen LogP contribution in [-0.4, -0.2) is 20.9 Å². The quantitative estimate of drug-likeness (QED) is 0.178.